The number of rotatable bonds is 8. The molecule has 42 heavy (non-hydrogen) atoms. The SMILES string of the molecule is Cc1noc(Cc2ccc(CNC(=O)c3cc(NC(=O)c4ccccc4-c4ccc(C(F)(F)F)cc4)cn3C)cc2)n1. The summed E-state index contributed by atoms with van der Waals surface area (Å²) in [6.07, 6.45) is -2.32. The Bertz CT molecular complexity index is 1720. The van der Waals surface area contributed by atoms with Crippen molar-refractivity contribution in [1.29, 1.82) is 0 Å². The molecule has 3 aromatic carbocycles. The molecule has 8 nitrogen and oxygen atoms in total. The van der Waals surface area contributed by atoms with Crippen LogP contribution >= 0.6 is 0 Å². The average molecular weight is 574 g/mol. The summed E-state index contributed by atoms with van der Waals surface area (Å²) in [6, 6.07) is 20.5. The van der Waals surface area contributed by atoms with E-state index in [4.69, 9.17) is 4.52 Å². The van der Waals surface area contributed by atoms with Crippen LogP contribution < -0.4 is 10.6 Å². The van der Waals surface area contributed by atoms with Crippen LogP contribution in [-0.2, 0) is 26.2 Å². The Morgan fingerprint density at radius 3 is 2.29 bits per heavy atom. The quantitative estimate of drug-likeness (QED) is 0.231. The Labute approximate surface area is 239 Å². The number of nitrogens with zero attached hydrogens (tertiary/aromatic N) is 3. The molecule has 214 valence electrons. The van der Waals surface area contributed by atoms with Gasteiger partial charge in [-0.2, -0.15) is 18.2 Å². The smallest absolute Gasteiger partial charge is 0.347 e. The summed E-state index contributed by atoms with van der Waals surface area (Å²) >= 11 is 0. The van der Waals surface area contributed by atoms with Crippen molar-refractivity contribution in [2.45, 2.75) is 26.1 Å². The number of hydrogen-bond acceptors (Lipinski definition) is 5. The molecule has 0 spiro atoms. The Morgan fingerprint density at radius 1 is 0.929 bits per heavy atom. The summed E-state index contributed by atoms with van der Waals surface area (Å²) in [5.41, 5.74) is 3.10. The second kappa shape index (κ2) is 11.7. The van der Waals surface area contributed by atoms with Gasteiger partial charge in [-0.1, -0.05) is 59.8 Å². The summed E-state index contributed by atoms with van der Waals surface area (Å²) in [5, 5.41) is 9.45. The lowest BCUT2D eigenvalue weighted by atomic mass is 9.98. The van der Waals surface area contributed by atoms with Crippen LogP contribution in [0.5, 0.6) is 0 Å². The van der Waals surface area contributed by atoms with Gasteiger partial charge in [0.2, 0.25) is 5.89 Å². The van der Waals surface area contributed by atoms with Crippen molar-refractivity contribution >= 4 is 17.5 Å². The monoisotopic (exact) mass is 573 g/mol. The summed E-state index contributed by atoms with van der Waals surface area (Å²) in [6.45, 7) is 2.06. The highest BCUT2D eigenvalue weighted by Crippen LogP contribution is 2.32. The van der Waals surface area contributed by atoms with Crippen LogP contribution in [0.3, 0.4) is 0 Å². The fourth-order valence-corrected chi connectivity index (χ4v) is 4.46. The number of aryl methyl sites for hydroxylation is 2. The van der Waals surface area contributed by atoms with Crippen molar-refractivity contribution in [3.8, 4) is 11.1 Å². The number of amides is 2. The van der Waals surface area contributed by atoms with Gasteiger partial charge in [0.05, 0.1) is 17.7 Å². The first-order chi connectivity index (χ1) is 20.1. The molecular weight excluding hydrogens is 547 g/mol. The maximum atomic E-state index is 13.2. The summed E-state index contributed by atoms with van der Waals surface area (Å²) in [7, 11) is 1.69. The number of carbonyl (C=O) groups is 2. The van der Waals surface area contributed by atoms with Crippen LogP contribution in [0.25, 0.3) is 11.1 Å². The maximum absolute atomic E-state index is 13.2. The van der Waals surface area contributed by atoms with E-state index in [0.29, 0.717) is 47.2 Å². The minimum Gasteiger partial charge on any atom is -0.347 e. The summed E-state index contributed by atoms with van der Waals surface area (Å²) < 4.78 is 45.7. The second-order valence-electron chi connectivity index (χ2n) is 9.71. The molecule has 2 aromatic heterocycles. The standard InChI is InChI=1S/C31H26F3N5O3/c1-19-36-28(42-38-19)15-20-7-9-21(10-8-20)17-35-30(41)27-16-24(18-39(27)2)37-29(40)26-6-4-3-5-25(26)22-11-13-23(14-12-22)31(32,33)34/h3-14,16,18H,15,17H2,1-2H3,(H,35,41)(H,37,40). The first-order valence-electron chi connectivity index (χ1n) is 13.0. The fourth-order valence-electron chi connectivity index (χ4n) is 4.46. The zero-order chi connectivity index (χ0) is 29.9. The predicted octanol–water partition coefficient (Wildman–Crippen LogP) is 6.18. The molecule has 0 bridgehead atoms. The van der Waals surface area contributed by atoms with Crippen molar-refractivity contribution in [2.75, 3.05) is 5.32 Å². The van der Waals surface area contributed by atoms with E-state index in [-0.39, 0.29) is 11.5 Å². The van der Waals surface area contributed by atoms with E-state index in [9.17, 15) is 22.8 Å². The van der Waals surface area contributed by atoms with Crippen molar-refractivity contribution < 1.29 is 27.3 Å². The molecule has 2 heterocycles. The zero-order valence-corrected chi connectivity index (χ0v) is 22.7. The number of nitrogens with one attached hydrogen (secondary N) is 2. The molecule has 0 unspecified atom stereocenters. The minimum absolute atomic E-state index is 0.282. The van der Waals surface area contributed by atoms with Crippen molar-refractivity contribution in [1.82, 2.24) is 20.0 Å². The Morgan fingerprint density at radius 2 is 1.62 bits per heavy atom. The highest BCUT2D eigenvalue weighted by atomic mass is 19.4. The van der Waals surface area contributed by atoms with Gasteiger partial charge in [-0.25, -0.2) is 0 Å². The average Bonchev–Trinajstić information content (AvgIpc) is 3.56. The van der Waals surface area contributed by atoms with Gasteiger partial charge in [-0.3, -0.25) is 9.59 Å². The molecule has 0 saturated heterocycles. The van der Waals surface area contributed by atoms with Crippen LogP contribution in [0.2, 0.25) is 0 Å². The number of alkyl halides is 3. The fraction of sp³-hybridized carbons (Fsp3) is 0.161. The van der Waals surface area contributed by atoms with Crippen LogP contribution in [0.1, 0.15) is 49.3 Å². The number of aromatic nitrogens is 3. The molecular formula is C31H26F3N5O3. The highest BCUT2D eigenvalue weighted by Gasteiger charge is 2.30. The minimum atomic E-state index is -4.45. The molecule has 0 aliphatic heterocycles. The normalized spacial score (nSPS) is 11.4. The van der Waals surface area contributed by atoms with Gasteiger partial charge in [-0.05, 0) is 53.4 Å². The molecule has 0 fully saturated rings. The number of carbonyl (C=O) groups excluding carboxylic acids is 2. The third-order valence-corrected chi connectivity index (χ3v) is 6.59. The molecule has 11 heteroatoms. The molecule has 0 atom stereocenters. The first-order valence-corrected chi connectivity index (χ1v) is 13.0. The van der Waals surface area contributed by atoms with E-state index in [2.05, 4.69) is 20.8 Å². The largest absolute Gasteiger partial charge is 0.416 e. The van der Waals surface area contributed by atoms with Crippen molar-refractivity contribution in [3.05, 3.63) is 125 Å². The molecule has 0 aliphatic rings. The molecule has 0 aliphatic carbocycles. The number of halogens is 3. The first kappa shape index (κ1) is 28.3. The van der Waals surface area contributed by atoms with Crippen LogP contribution in [-0.4, -0.2) is 26.5 Å². The van der Waals surface area contributed by atoms with Gasteiger partial charge in [-0.15, -0.1) is 0 Å². The van der Waals surface area contributed by atoms with Gasteiger partial charge in [0.25, 0.3) is 11.8 Å². The molecule has 0 radical (unpaired) electrons. The molecule has 5 aromatic rings. The third kappa shape index (κ3) is 6.57. The molecule has 2 amide bonds. The van der Waals surface area contributed by atoms with Crippen molar-refractivity contribution in [2.24, 2.45) is 7.05 Å². The van der Waals surface area contributed by atoms with Crippen LogP contribution in [0.15, 0.2) is 89.6 Å². The van der Waals surface area contributed by atoms with E-state index >= 15 is 0 Å². The van der Waals surface area contributed by atoms with E-state index in [1.54, 1.807) is 55.1 Å². The summed E-state index contributed by atoms with van der Waals surface area (Å²) in [4.78, 5) is 30.3. The maximum Gasteiger partial charge on any atom is 0.416 e. The van der Waals surface area contributed by atoms with E-state index in [0.717, 1.165) is 23.3 Å². The topological polar surface area (TPSA) is 102 Å². The van der Waals surface area contributed by atoms with Gasteiger partial charge in [0, 0.05) is 25.4 Å². The molecule has 5 rings (SSSR count). The van der Waals surface area contributed by atoms with Gasteiger partial charge in [0.1, 0.15) is 5.69 Å². The third-order valence-electron chi connectivity index (χ3n) is 6.59. The Hall–Kier alpha value is -5.19. The summed E-state index contributed by atoms with van der Waals surface area (Å²) in [5.74, 6) is 0.325. The Kier molecular flexibility index (Phi) is 7.92. The van der Waals surface area contributed by atoms with Gasteiger partial charge < -0.3 is 19.7 Å². The number of hydrogen-bond donors (Lipinski definition) is 2. The van der Waals surface area contributed by atoms with E-state index < -0.39 is 17.6 Å². The Balaban J connectivity index is 1.22. The zero-order valence-electron chi connectivity index (χ0n) is 22.7. The lowest BCUT2D eigenvalue weighted by molar-refractivity contribution is -0.137. The molecule has 0 saturated carbocycles. The lowest BCUT2D eigenvalue weighted by Gasteiger charge is -2.11. The number of anilines is 1. The van der Waals surface area contributed by atoms with E-state index in [1.807, 2.05) is 24.3 Å². The predicted molar refractivity (Wildman–Crippen MR) is 150 cm³/mol. The molecule has 2 N–H and O–H groups in total. The van der Waals surface area contributed by atoms with E-state index in [1.165, 1.54) is 12.1 Å². The number of benzene rings is 3. The second-order valence-corrected chi connectivity index (χ2v) is 9.71. The lowest BCUT2D eigenvalue weighted by Crippen LogP contribution is -2.24. The van der Waals surface area contributed by atoms with Crippen LogP contribution in [0, 0.1) is 6.92 Å². The van der Waals surface area contributed by atoms with Gasteiger partial charge in [0.15, 0.2) is 5.82 Å². The van der Waals surface area contributed by atoms with Crippen LogP contribution in [0.4, 0.5) is 18.9 Å². The van der Waals surface area contributed by atoms with Gasteiger partial charge >= 0.3 is 6.18 Å². The van der Waals surface area contributed by atoms with Crippen molar-refractivity contribution in [3.63, 3.8) is 0 Å². The highest BCUT2D eigenvalue weighted by molar-refractivity contribution is 6.09.